The van der Waals surface area contributed by atoms with Crippen LogP contribution in [0.5, 0.6) is 0 Å². The van der Waals surface area contributed by atoms with Crippen molar-refractivity contribution in [1.29, 1.82) is 0 Å². The van der Waals surface area contributed by atoms with Gasteiger partial charge in [-0.05, 0) is 43.0 Å². The summed E-state index contributed by atoms with van der Waals surface area (Å²) in [6.45, 7) is 18.9. The number of aryl methyl sites for hydroxylation is 3. The van der Waals surface area contributed by atoms with E-state index in [0.717, 1.165) is 0 Å². The van der Waals surface area contributed by atoms with Gasteiger partial charge in [0.25, 0.3) is 0 Å². The Bertz CT molecular complexity index is 966. The quantitative estimate of drug-likeness (QED) is 0.453. The number of hydrogen-bond acceptors (Lipinski definition) is 1. The molecule has 0 aliphatic rings. The maximum absolute atomic E-state index is 9.37. The van der Waals surface area contributed by atoms with Gasteiger partial charge in [0.15, 0.2) is 0 Å². The van der Waals surface area contributed by atoms with Crippen LogP contribution in [0.1, 0.15) is 46.7 Å². The van der Waals surface area contributed by atoms with E-state index in [0.29, 0.717) is 0 Å². The molecule has 168 valence electrons. The standard InChI is InChI=1S/3C9H10.C3H6O2/c1-3-9-6-4-8(2)5-7-9;1-3-9-6-4-5-8(2)7-9;1-3-9-7-5-4-6-8(9)2;1-2-3(4)5/h3*3-7H,1H2,2H3;2H2,1H3,(H,4,5). The molecule has 0 aromatic heterocycles. The summed E-state index contributed by atoms with van der Waals surface area (Å²) in [5.74, 6) is -0.745. The van der Waals surface area contributed by atoms with Crippen molar-refractivity contribution in [3.8, 4) is 0 Å². The molecule has 0 fully saturated rings. The fourth-order valence-corrected chi connectivity index (χ4v) is 2.32. The van der Waals surface area contributed by atoms with Crippen molar-refractivity contribution in [2.24, 2.45) is 0 Å². The molecule has 0 heterocycles. The van der Waals surface area contributed by atoms with Crippen LogP contribution in [0.2, 0.25) is 0 Å². The molecule has 2 nitrogen and oxygen atoms in total. The molecule has 0 saturated carbocycles. The first kappa shape index (κ1) is 28.4. The Kier molecular flexibility index (Phi) is 15.1. The van der Waals surface area contributed by atoms with Crippen LogP contribution in [0, 0.1) is 20.8 Å². The van der Waals surface area contributed by atoms with Crippen molar-refractivity contribution in [3.05, 3.63) is 126 Å². The molecular weight excluding hydrogens is 392 g/mol. The Morgan fingerprint density at radius 3 is 1.69 bits per heavy atom. The van der Waals surface area contributed by atoms with Gasteiger partial charge in [0.05, 0.1) is 0 Å². The highest BCUT2D eigenvalue weighted by molar-refractivity contribution is 5.66. The summed E-state index contributed by atoms with van der Waals surface area (Å²) in [7, 11) is 0. The number of hydrogen-bond donors (Lipinski definition) is 1. The zero-order valence-corrected chi connectivity index (χ0v) is 19.8. The smallest absolute Gasteiger partial charge is 0.303 e. The molecule has 0 saturated heterocycles. The van der Waals surface area contributed by atoms with Crippen LogP contribution in [0.25, 0.3) is 18.2 Å². The Morgan fingerprint density at radius 2 is 1.31 bits per heavy atom. The van der Waals surface area contributed by atoms with Crippen molar-refractivity contribution in [2.75, 3.05) is 0 Å². The van der Waals surface area contributed by atoms with E-state index in [1.165, 1.54) is 33.4 Å². The van der Waals surface area contributed by atoms with Crippen molar-refractivity contribution in [1.82, 2.24) is 0 Å². The number of carboxylic acid groups (broad SMARTS) is 1. The van der Waals surface area contributed by atoms with E-state index in [1.54, 1.807) is 6.92 Å². The van der Waals surface area contributed by atoms with Crippen molar-refractivity contribution in [3.63, 3.8) is 0 Å². The van der Waals surface area contributed by atoms with Gasteiger partial charge in [0, 0.05) is 6.42 Å². The third kappa shape index (κ3) is 13.6. The first-order chi connectivity index (χ1) is 15.3. The third-order valence-corrected chi connectivity index (χ3v) is 4.30. The molecule has 3 aromatic carbocycles. The van der Waals surface area contributed by atoms with Crippen LogP contribution in [-0.2, 0) is 4.79 Å². The average molecular weight is 429 g/mol. The van der Waals surface area contributed by atoms with Gasteiger partial charge in [-0.1, -0.05) is 129 Å². The summed E-state index contributed by atoms with van der Waals surface area (Å²) in [5, 5.41) is 7.72. The summed E-state index contributed by atoms with van der Waals surface area (Å²) in [4.78, 5) is 9.37. The minimum absolute atomic E-state index is 0.222. The van der Waals surface area contributed by atoms with Crippen LogP contribution in [0.15, 0.2) is 92.5 Å². The lowest BCUT2D eigenvalue weighted by Gasteiger charge is -1.95. The highest BCUT2D eigenvalue weighted by Crippen LogP contribution is 2.07. The second-order valence-corrected chi connectivity index (χ2v) is 7.04. The lowest BCUT2D eigenvalue weighted by molar-refractivity contribution is -0.136. The first-order valence-corrected chi connectivity index (χ1v) is 10.5. The normalized spacial score (nSPS) is 8.75. The van der Waals surface area contributed by atoms with Gasteiger partial charge in [0.2, 0.25) is 0 Å². The lowest BCUT2D eigenvalue weighted by atomic mass is 10.1. The van der Waals surface area contributed by atoms with Crippen LogP contribution < -0.4 is 0 Å². The minimum atomic E-state index is -0.745. The van der Waals surface area contributed by atoms with Crippen LogP contribution >= 0.6 is 0 Å². The van der Waals surface area contributed by atoms with E-state index in [4.69, 9.17) is 5.11 Å². The van der Waals surface area contributed by atoms with Gasteiger partial charge in [-0.2, -0.15) is 0 Å². The summed E-state index contributed by atoms with van der Waals surface area (Å²) < 4.78 is 0. The lowest BCUT2D eigenvalue weighted by Crippen LogP contribution is -1.86. The molecule has 32 heavy (non-hydrogen) atoms. The monoisotopic (exact) mass is 428 g/mol. The number of aliphatic carboxylic acids is 1. The molecule has 0 spiro atoms. The summed E-state index contributed by atoms with van der Waals surface area (Å²) in [5.41, 5.74) is 7.45. The summed E-state index contributed by atoms with van der Waals surface area (Å²) in [6, 6.07) is 24.7. The molecule has 3 rings (SSSR count). The topological polar surface area (TPSA) is 37.3 Å². The molecule has 2 heteroatoms. The molecule has 1 N–H and O–H groups in total. The van der Waals surface area contributed by atoms with Crippen molar-refractivity contribution < 1.29 is 9.90 Å². The Morgan fingerprint density at radius 1 is 0.750 bits per heavy atom. The van der Waals surface area contributed by atoms with E-state index in [9.17, 15) is 4.79 Å². The molecule has 0 aliphatic carbocycles. The summed E-state index contributed by atoms with van der Waals surface area (Å²) in [6.07, 6.45) is 5.79. The van der Waals surface area contributed by atoms with Crippen LogP contribution in [-0.4, -0.2) is 11.1 Å². The maximum atomic E-state index is 9.37. The van der Waals surface area contributed by atoms with E-state index >= 15 is 0 Å². The third-order valence-electron chi connectivity index (χ3n) is 4.30. The van der Waals surface area contributed by atoms with E-state index in [-0.39, 0.29) is 6.42 Å². The molecule has 0 unspecified atom stereocenters. The SMILES string of the molecule is C=Cc1ccc(C)cc1.C=Cc1cccc(C)c1.C=Cc1ccccc1C.CCC(=O)O. The van der Waals surface area contributed by atoms with Gasteiger partial charge in [-0.3, -0.25) is 4.79 Å². The molecule has 0 amide bonds. The van der Waals surface area contributed by atoms with Crippen molar-refractivity contribution >= 4 is 24.2 Å². The zero-order valence-electron chi connectivity index (χ0n) is 19.8. The Hall–Kier alpha value is -3.65. The van der Waals surface area contributed by atoms with Crippen LogP contribution in [0.3, 0.4) is 0 Å². The number of rotatable bonds is 4. The fourth-order valence-electron chi connectivity index (χ4n) is 2.32. The second kappa shape index (κ2) is 17.1. The van der Waals surface area contributed by atoms with Crippen molar-refractivity contribution in [2.45, 2.75) is 34.1 Å². The predicted molar refractivity (Wildman–Crippen MR) is 142 cm³/mol. The van der Waals surface area contributed by atoms with Gasteiger partial charge in [0.1, 0.15) is 0 Å². The van der Waals surface area contributed by atoms with Gasteiger partial charge >= 0.3 is 5.97 Å². The van der Waals surface area contributed by atoms with Gasteiger partial charge in [-0.15, -0.1) is 0 Å². The zero-order chi connectivity index (χ0) is 24.4. The number of carboxylic acids is 1. The maximum Gasteiger partial charge on any atom is 0.303 e. The van der Waals surface area contributed by atoms with Gasteiger partial charge in [-0.25, -0.2) is 0 Å². The molecule has 0 bridgehead atoms. The molecule has 3 aromatic rings. The van der Waals surface area contributed by atoms with E-state index < -0.39 is 5.97 Å². The number of carbonyl (C=O) groups is 1. The molecule has 0 radical (unpaired) electrons. The highest BCUT2D eigenvalue weighted by Gasteiger charge is 1.87. The molecular formula is C30H36O2. The first-order valence-electron chi connectivity index (χ1n) is 10.5. The van der Waals surface area contributed by atoms with E-state index in [2.05, 4.69) is 89.0 Å². The Balaban J connectivity index is 0.000000410. The predicted octanol–water partition coefficient (Wildman–Crippen LogP) is 8.40. The fraction of sp³-hybridized carbons (Fsp3) is 0.167. The largest absolute Gasteiger partial charge is 0.481 e. The second-order valence-electron chi connectivity index (χ2n) is 7.04. The van der Waals surface area contributed by atoms with Gasteiger partial charge < -0.3 is 5.11 Å². The van der Waals surface area contributed by atoms with Crippen LogP contribution in [0.4, 0.5) is 0 Å². The summed E-state index contributed by atoms with van der Waals surface area (Å²) >= 11 is 0. The molecule has 0 aliphatic heterocycles. The molecule has 0 atom stereocenters. The highest BCUT2D eigenvalue weighted by atomic mass is 16.4. The average Bonchev–Trinajstić information content (AvgIpc) is 2.81. The Labute approximate surface area is 194 Å². The number of benzene rings is 3. The van der Waals surface area contributed by atoms with E-state index in [1.807, 2.05) is 42.5 Å². The minimum Gasteiger partial charge on any atom is -0.481 e.